The summed E-state index contributed by atoms with van der Waals surface area (Å²) >= 11 is 0. The van der Waals surface area contributed by atoms with Gasteiger partial charge in [0.25, 0.3) is 0 Å². The van der Waals surface area contributed by atoms with E-state index in [0.717, 1.165) is 32.2 Å². The topological polar surface area (TPSA) is 66.5 Å². The van der Waals surface area contributed by atoms with Crippen LogP contribution in [0.5, 0.6) is 0 Å². The van der Waals surface area contributed by atoms with Gasteiger partial charge in [-0.05, 0) is 30.9 Å². The lowest BCUT2D eigenvalue weighted by Gasteiger charge is -2.33. The van der Waals surface area contributed by atoms with Gasteiger partial charge in [-0.2, -0.15) is 0 Å². The summed E-state index contributed by atoms with van der Waals surface area (Å²) in [7, 11) is -3.23. The molecule has 0 bridgehead atoms. The van der Waals surface area contributed by atoms with Crippen molar-refractivity contribution >= 4 is 15.9 Å². The highest BCUT2D eigenvalue weighted by atomic mass is 32.2. The molecule has 22 heavy (non-hydrogen) atoms. The van der Waals surface area contributed by atoms with E-state index >= 15 is 0 Å². The van der Waals surface area contributed by atoms with Crippen molar-refractivity contribution in [3.05, 3.63) is 35.4 Å². The molecule has 1 heterocycles. The molecule has 1 aliphatic rings. The fourth-order valence-electron chi connectivity index (χ4n) is 3.00. The lowest BCUT2D eigenvalue weighted by Crippen LogP contribution is -2.40. The molecule has 0 aliphatic carbocycles. The number of piperidine rings is 1. The third-order valence-electron chi connectivity index (χ3n) is 4.11. The molecule has 0 saturated carbocycles. The minimum atomic E-state index is -3.23. The van der Waals surface area contributed by atoms with Crippen molar-refractivity contribution < 1.29 is 13.2 Å². The number of aryl methyl sites for hydroxylation is 1. The Hall–Kier alpha value is -1.40. The maximum absolute atomic E-state index is 12.2. The largest absolute Gasteiger partial charge is 0.342 e. The van der Waals surface area contributed by atoms with Crippen LogP contribution in [-0.4, -0.2) is 45.1 Å². The number of carbonyl (C=O) groups is 1. The Bertz CT molecular complexity index is 628. The van der Waals surface area contributed by atoms with Crippen LogP contribution in [0, 0.1) is 6.92 Å². The van der Waals surface area contributed by atoms with Gasteiger partial charge in [0.15, 0.2) is 0 Å². The molecule has 1 N–H and O–H groups in total. The molecule has 0 spiro atoms. The van der Waals surface area contributed by atoms with E-state index in [4.69, 9.17) is 0 Å². The molecule has 122 valence electrons. The molecule has 1 amide bonds. The summed E-state index contributed by atoms with van der Waals surface area (Å²) in [4.78, 5) is 14.1. The van der Waals surface area contributed by atoms with Crippen molar-refractivity contribution in [2.45, 2.75) is 32.1 Å². The highest BCUT2D eigenvalue weighted by molar-refractivity contribution is 7.88. The number of benzene rings is 1. The van der Waals surface area contributed by atoms with Crippen LogP contribution < -0.4 is 4.72 Å². The number of likely N-dealkylation sites (tertiary alicyclic amines) is 1. The van der Waals surface area contributed by atoms with E-state index < -0.39 is 10.0 Å². The molecule has 0 aromatic heterocycles. The smallest absolute Gasteiger partial charge is 0.223 e. The maximum Gasteiger partial charge on any atom is 0.223 e. The Morgan fingerprint density at radius 3 is 2.77 bits per heavy atom. The fraction of sp³-hybridized carbons (Fsp3) is 0.562. The van der Waals surface area contributed by atoms with Crippen LogP contribution in [0.15, 0.2) is 24.3 Å². The zero-order chi connectivity index (χ0) is 16.2. The molecule has 2 rings (SSSR count). The van der Waals surface area contributed by atoms with Crippen molar-refractivity contribution in [1.29, 1.82) is 0 Å². The molecule has 0 unspecified atom stereocenters. The minimum Gasteiger partial charge on any atom is -0.342 e. The van der Waals surface area contributed by atoms with Gasteiger partial charge in [0.1, 0.15) is 0 Å². The SMILES string of the molecule is Cc1ccccc1[C@@H]1CCCN(C(=O)CCNS(C)(=O)=O)C1. The van der Waals surface area contributed by atoms with Gasteiger partial charge in [0, 0.05) is 32.0 Å². The molecule has 1 aliphatic heterocycles. The van der Waals surface area contributed by atoms with Crippen LogP contribution in [0.1, 0.15) is 36.3 Å². The number of nitrogens with zero attached hydrogens (tertiary/aromatic N) is 1. The monoisotopic (exact) mass is 324 g/mol. The highest BCUT2D eigenvalue weighted by Gasteiger charge is 2.25. The molecule has 1 saturated heterocycles. The predicted octanol–water partition coefficient (Wildman–Crippen LogP) is 1.64. The third-order valence-corrected chi connectivity index (χ3v) is 4.83. The molecule has 0 radical (unpaired) electrons. The predicted molar refractivity (Wildman–Crippen MR) is 87.2 cm³/mol. The Balaban J connectivity index is 1.93. The second kappa shape index (κ2) is 7.24. The average Bonchev–Trinajstić information content (AvgIpc) is 2.46. The Morgan fingerprint density at radius 2 is 2.09 bits per heavy atom. The quantitative estimate of drug-likeness (QED) is 0.895. The van der Waals surface area contributed by atoms with E-state index in [9.17, 15) is 13.2 Å². The summed E-state index contributed by atoms with van der Waals surface area (Å²) in [5.41, 5.74) is 2.58. The number of carbonyl (C=O) groups excluding carboxylic acids is 1. The van der Waals surface area contributed by atoms with Gasteiger partial charge in [0.05, 0.1) is 6.26 Å². The van der Waals surface area contributed by atoms with Gasteiger partial charge < -0.3 is 4.90 Å². The van der Waals surface area contributed by atoms with E-state index in [0.29, 0.717) is 5.92 Å². The number of nitrogens with one attached hydrogen (secondary N) is 1. The Morgan fingerprint density at radius 1 is 1.36 bits per heavy atom. The first kappa shape index (κ1) is 17.0. The molecular weight excluding hydrogens is 300 g/mol. The van der Waals surface area contributed by atoms with Crippen molar-refractivity contribution in [3.63, 3.8) is 0 Å². The van der Waals surface area contributed by atoms with Crippen LogP contribution in [0.4, 0.5) is 0 Å². The van der Waals surface area contributed by atoms with E-state index in [1.54, 1.807) is 0 Å². The van der Waals surface area contributed by atoms with Gasteiger partial charge >= 0.3 is 0 Å². The molecule has 6 heteroatoms. The molecule has 5 nitrogen and oxygen atoms in total. The second-order valence-electron chi connectivity index (χ2n) is 5.95. The summed E-state index contributed by atoms with van der Waals surface area (Å²) in [5, 5.41) is 0. The van der Waals surface area contributed by atoms with Crippen LogP contribution in [0.2, 0.25) is 0 Å². The average molecular weight is 324 g/mol. The Kier molecular flexibility index (Phi) is 5.58. The highest BCUT2D eigenvalue weighted by Crippen LogP contribution is 2.29. The molecule has 1 aromatic carbocycles. The normalized spacial score (nSPS) is 19.2. The summed E-state index contributed by atoms with van der Waals surface area (Å²) in [6, 6.07) is 8.31. The lowest BCUT2D eigenvalue weighted by molar-refractivity contribution is -0.132. The number of hydrogen-bond acceptors (Lipinski definition) is 3. The van der Waals surface area contributed by atoms with Gasteiger partial charge in [-0.3, -0.25) is 4.79 Å². The van der Waals surface area contributed by atoms with Crippen LogP contribution in [0.3, 0.4) is 0 Å². The standard InChI is InChI=1S/C16H24N2O3S/c1-13-6-3-4-8-15(13)14-7-5-11-18(12-14)16(19)9-10-17-22(2,20)21/h3-4,6,8,14,17H,5,7,9-12H2,1-2H3/t14-/m1/s1. The van der Waals surface area contributed by atoms with Crippen LogP contribution in [0.25, 0.3) is 0 Å². The summed E-state index contributed by atoms with van der Waals surface area (Å²) in [6.07, 6.45) is 3.40. The van der Waals surface area contributed by atoms with Gasteiger partial charge in [0.2, 0.25) is 15.9 Å². The number of amides is 1. The first-order valence-corrected chi connectivity index (χ1v) is 9.54. The van der Waals surface area contributed by atoms with E-state index in [1.807, 2.05) is 17.0 Å². The van der Waals surface area contributed by atoms with Crippen molar-refractivity contribution in [2.24, 2.45) is 0 Å². The third kappa shape index (κ3) is 4.81. The molecule has 1 aromatic rings. The first-order valence-electron chi connectivity index (χ1n) is 7.65. The van der Waals surface area contributed by atoms with E-state index in [2.05, 4.69) is 23.8 Å². The van der Waals surface area contributed by atoms with E-state index in [-0.39, 0.29) is 18.9 Å². The zero-order valence-electron chi connectivity index (χ0n) is 13.2. The van der Waals surface area contributed by atoms with Gasteiger partial charge in [-0.25, -0.2) is 13.1 Å². The maximum atomic E-state index is 12.2. The number of sulfonamides is 1. The van der Waals surface area contributed by atoms with E-state index in [1.165, 1.54) is 11.1 Å². The molecular formula is C16H24N2O3S. The molecule has 1 fully saturated rings. The van der Waals surface area contributed by atoms with Crippen molar-refractivity contribution in [2.75, 3.05) is 25.9 Å². The molecule has 1 atom stereocenters. The lowest BCUT2D eigenvalue weighted by atomic mass is 9.88. The van der Waals surface area contributed by atoms with Crippen LogP contribution in [-0.2, 0) is 14.8 Å². The minimum absolute atomic E-state index is 0.0226. The first-order chi connectivity index (χ1) is 10.4. The number of rotatable bonds is 5. The summed E-state index contributed by atoms with van der Waals surface area (Å²) < 4.78 is 24.4. The second-order valence-corrected chi connectivity index (χ2v) is 7.79. The van der Waals surface area contributed by atoms with Gasteiger partial charge in [-0.1, -0.05) is 24.3 Å². The fourth-order valence-corrected chi connectivity index (χ4v) is 3.48. The van der Waals surface area contributed by atoms with Gasteiger partial charge in [-0.15, -0.1) is 0 Å². The summed E-state index contributed by atoms with van der Waals surface area (Å²) in [6.45, 7) is 3.76. The zero-order valence-corrected chi connectivity index (χ0v) is 14.0. The summed E-state index contributed by atoms with van der Waals surface area (Å²) in [5.74, 6) is 0.399. The Labute approximate surface area is 132 Å². The van der Waals surface area contributed by atoms with Crippen molar-refractivity contribution in [1.82, 2.24) is 9.62 Å². The number of hydrogen-bond donors (Lipinski definition) is 1. The van der Waals surface area contributed by atoms with Crippen LogP contribution >= 0.6 is 0 Å². The van der Waals surface area contributed by atoms with Crippen molar-refractivity contribution in [3.8, 4) is 0 Å².